The molecule has 3 nitrogen and oxygen atoms in total. The Bertz CT molecular complexity index is 517. The summed E-state index contributed by atoms with van der Waals surface area (Å²) >= 11 is 3.45. The molecule has 1 N–H and O–H groups in total. The highest BCUT2D eigenvalue weighted by atomic mass is 79.9. The summed E-state index contributed by atoms with van der Waals surface area (Å²) in [7, 11) is 0. The normalized spacial score (nSPS) is 11.2. The molecule has 1 aromatic carbocycles. The van der Waals surface area contributed by atoms with Crippen LogP contribution < -0.4 is 5.32 Å². The van der Waals surface area contributed by atoms with E-state index in [1.54, 1.807) is 0 Å². The molecular formula is C16H22BrN3. The molecule has 0 saturated heterocycles. The van der Waals surface area contributed by atoms with Gasteiger partial charge in [-0.3, -0.25) is 4.68 Å². The van der Waals surface area contributed by atoms with Crippen LogP contribution >= 0.6 is 15.9 Å². The van der Waals surface area contributed by atoms with Gasteiger partial charge in [-0.25, -0.2) is 0 Å². The molecule has 1 heterocycles. The molecule has 2 rings (SSSR count). The maximum atomic E-state index is 4.43. The third-order valence-electron chi connectivity index (χ3n) is 3.14. The van der Waals surface area contributed by atoms with E-state index in [2.05, 4.69) is 70.7 Å². The van der Waals surface area contributed by atoms with Crippen molar-refractivity contribution in [3.8, 4) is 0 Å². The molecule has 0 radical (unpaired) electrons. The van der Waals surface area contributed by atoms with E-state index in [-0.39, 0.29) is 0 Å². The van der Waals surface area contributed by atoms with Gasteiger partial charge in [0.15, 0.2) is 0 Å². The van der Waals surface area contributed by atoms with Gasteiger partial charge in [0.1, 0.15) is 0 Å². The van der Waals surface area contributed by atoms with Gasteiger partial charge in [-0.1, -0.05) is 41.9 Å². The van der Waals surface area contributed by atoms with E-state index in [1.165, 1.54) is 11.1 Å². The quantitative estimate of drug-likeness (QED) is 0.783. The van der Waals surface area contributed by atoms with Crippen LogP contribution in [0.5, 0.6) is 0 Å². The Morgan fingerprint density at radius 2 is 1.95 bits per heavy atom. The van der Waals surface area contributed by atoms with E-state index in [0.717, 1.165) is 30.4 Å². The first-order chi connectivity index (χ1) is 9.63. The molecule has 0 spiro atoms. The van der Waals surface area contributed by atoms with E-state index >= 15 is 0 Å². The molecule has 20 heavy (non-hydrogen) atoms. The van der Waals surface area contributed by atoms with Gasteiger partial charge in [0.05, 0.1) is 12.7 Å². The fourth-order valence-electron chi connectivity index (χ4n) is 2.08. The average Bonchev–Trinajstić information content (AvgIpc) is 2.85. The largest absolute Gasteiger partial charge is 0.315 e. The van der Waals surface area contributed by atoms with Crippen molar-refractivity contribution in [1.82, 2.24) is 15.1 Å². The number of halogens is 1. The average molecular weight is 336 g/mol. The molecule has 4 heteroatoms. The van der Waals surface area contributed by atoms with Crippen molar-refractivity contribution < 1.29 is 0 Å². The van der Waals surface area contributed by atoms with Gasteiger partial charge in [0.25, 0.3) is 0 Å². The second kappa shape index (κ2) is 7.60. The van der Waals surface area contributed by atoms with Crippen molar-refractivity contribution in [1.29, 1.82) is 0 Å². The first-order valence-electron chi connectivity index (χ1n) is 7.12. The Labute approximate surface area is 129 Å². The zero-order chi connectivity index (χ0) is 14.4. The van der Waals surface area contributed by atoms with E-state index in [1.807, 2.05) is 10.9 Å². The lowest BCUT2D eigenvalue weighted by atomic mass is 10.2. The summed E-state index contributed by atoms with van der Waals surface area (Å²) in [5, 5.41) is 7.87. The smallest absolute Gasteiger partial charge is 0.0659 e. The Kier molecular flexibility index (Phi) is 5.80. The third-order valence-corrected chi connectivity index (χ3v) is 3.67. The van der Waals surface area contributed by atoms with Crippen molar-refractivity contribution in [2.45, 2.75) is 39.3 Å². The lowest BCUT2D eigenvalue weighted by molar-refractivity contribution is 0.570. The Balaban J connectivity index is 1.81. The van der Waals surface area contributed by atoms with Crippen LogP contribution in [0.2, 0.25) is 0 Å². The molecule has 0 unspecified atom stereocenters. The Hall–Kier alpha value is -1.13. The summed E-state index contributed by atoms with van der Waals surface area (Å²) in [5.74, 6) is 0. The second-order valence-corrected chi connectivity index (χ2v) is 6.30. The molecule has 0 aliphatic rings. The SMILES string of the molecule is CC(C)NCCCc1cnn(Cc2ccc(Br)cc2)c1. The first-order valence-corrected chi connectivity index (χ1v) is 7.92. The Morgan fingerprint density at radius 3 is 2.65 bits per heavy atom. The minimum atomic E-state index is 0.565. The van der Waals surface area contributed by atoms with Crippen molar-refractivity contribution in [3.63, 3.8) is 0 Å². The minimum absolute atomic E-state index is 0.565. The molecule has 0 aliphatic heterocycles. The summed E-state index contributed by atoms with van der Waals surface area (Å²) in [4.78, 5) is 0. The van der Waals surface area contributed by atoms with Gasteiger partial charge in [0.2, 0.25) is 0 Å². The van der Waals surface area contributed by atoms with E-state index in [4.69, 9.17) is 0 Å². The standard InChI is InChI=1S/C16H22BrN3/c1-13(2)18-9-3-4-15-10-19-20(12-15)11-14-5-7-16(17)8-6-14/h5-8,10,12-13,18H,3-4,9,11H2,1-2H3. The van der Waals surface area contributed by atoms with Crippen LogP contribution in [0, 0.1) is 0 Å². The fourth-order valence-corrected chi connectivity index (χ4v) is 2.35. The lowest BCUT2D eigenvalue weighted by Crippen LogP contribution is -2.23. The molecule has 0 saturated carbocycles. The minimum Gasteiger partial charge on any atom is -0.315 e. The maximum absolute atomic E-state index is 4.43. The third kappa shape index (κ3) is 5.10. The maximum Gasteiger partial charge on any atom is 0.0659 e. The molecular weight excluding hydrogens is 314 g/mol. The number of rotatable bonds is 7. The summed E-state index contributed by atoms with van der Waals surface area (Å²) < 4.78 is 3.12. The second-order valence-electron chi connectivity index (χ2n) is 5.39. The van der Waals surface area contributed by atoms with Gasteiger partial charge in [-0.2, -0.15) is 5.10 Å². The van der Waals surface area contributed by atoms with Crippen molar-refractivity contribution in [2.75, 3.05) is 6.54 Å². The van der Waals surface area contributed by atoms with Gasteiger partial charge in [-0.05, 0) is 42.6 Å². The number of hydrogen-bond donors (Lipinski definition) is 1. The summed E-state index contributed by atoms with van der Waals surface area (Å²) in [6.07, 6.45) is 6.37. The van der Waals surface area contributed by atoms with Gasteiger partial charge < -0.3 is 5.32 Å². The summed E-state index contributed by atoms with van der Waals surface area (Å²) in [6.45, 7) is 6.25. The van der Waals surface area contributed by atoms with Crippen LogP contribution in [0.3, 0.4) is 0 Å². The van der Waals surface area contributed by atoms with Crippen LogP contribution in [0.4, 0.5) is 0 Å². The van der Waals surface area contributed by atoms with Gasteiger partial charge >= 0.3 is 0 Å². The molecule has 0 atom stereocenters. The number of nitrogens with zero attached hydrogens (tertiary/aromatic N) is 2. The predicted octanol–water partition coefficient (Wildman–Crippen LogP) is 3.62. The number of nitrogens with one attached hydrogen (secondary N) is 1. The van der Waals surface area contributed by atoms with Crippen molar-refractivity contribution >= 4 is 15.9 Å². The lowest BCUT2D eigenvalue weighted by Gasteiger charge is -2.06. The molecule has 0 amide bonds. The first kappa shape index (κ1) is 15.3. The molecule has 0 fully saturated rings. The van der Waals surface area contributed by atoms with Gasteiger partial charge in [-0.15, -0.1) is 0 Å². The summed E-state index contributed by atoms with van der Waals surface area (Å²) in [6, 6.07) is 8.94. The van der Waals surface area contributed by atoms with Crippen LogP contribution in [0.25, 0.3) is 0 Å². The molecule has 108 valence electrons. The van der Waals surface area contributed by atoms with E-state index in [0.29, 0.717) is 6.04 Å². The predicted molar refractivity (Wildman–Crippen MR) is 86.9 cm³/mol. The zero-order valence-electron chi connectivity index (χ0n) is 12.1. The Morgan fingerprint density at radius 1 is 1.20 bits per heavy atom. The molecule has 2 aromatic rings. The fraction of sp³-hybridized carbons (Fsp3) is 0.438. The van der Waals surface area contributed by atoms with Crippen molar-refractivity contribution in [3.05, 3.63) is 52.3 Å². The van der Waals surface area contributed by atoms with E-state index < -0.39 is 0 Å². The van der Waals surface area contributed by atoms with Crippen LogP contribution in [-0.4, -0.2) is 22.4 Å². The van der Waals surface area contributed by atoms with E-state index in [9.17, 15) is 0 Å². The molecule has 1 aromatic heterocycles. The number of aryl methyl sites for hydroxylation is 1. The number of aromatic nitrogens is 2. The van der Waals surface area contributed by atoms with Gasteiger partial charge in [0, 0.05) is 16.7 Å². The molecule has 0 aliphatic carbocycles. The number of hydrogen-bond acceptors (Lipinski definition) is 2. The topological polar surface area (TPSA) is 29.9 Å². The van der Waals surface area contributed by atoms with Crippen LogP contribution in [0.15, 0.2) is 41.1 Å². The highest BCUT2D eigenvalue weighted by Gasteiger charge is 2.01. The molecule has 0 bridgehead atoms. The zero-order valence-corrected chi connectivity index (χ0v) is 13.7. The highest BCUT2D eigenvalue weighted by Crippen LogP contribution is 2.12. The van der Waals surface area contributed by atoms with Crippen molar-refractivity contribution in [2.24, 2.45) is 0 Å². The highest BCUT2D eigenvalue weighted by molar-refractivity contribution is 9.10. The van der Waals surface area contributed by atoms with Crippen LogP contribution in [0.1, 0.15) is 31.4 Å². The summed E-state index contributed by atoms with van der Waals surface area (Å²) in [5.41, 5.74) is 2.58. The monoisotopic (exact) mass is 335 g/mol. The number of benzene rings is 1. The van der Waals surface area contributed by atoms with Crippen LogP contribution in [-0.2, 0) is 13.0 Å².